The molecule has 4 heteroatoms. The number of nitrogens with zero attached hydrogens (tertiary/aromatic N) is 1. The van der Waals surface area contributed by atoms with Crippen molar-refractivity contribution in [1.29, 1.82) is 5.26 Å². The van der Waals surface area contributed by atoms with Crippen LogP contribution in [0.25, 0.3) is 0 Å². The maximum absolute atomic E-state index is 10.3. The Kier molecular flexibility index (Phi) is 9.17. The van der Waals surface area contributed by atoms with Crippen LogP contribution in [0.15, 0.2) is 0 Å². The molecule has 0 saturated heterocycles. The summed E-state index contributed by atoms with van der Waals surface area (Å²) in [5.41, 5.74) is 0. The molecule has 0 aliphatic carbocycles. The number of aliphatic carboxylic acids is 1. The van der Waals surface area contributed by atoms with Gasteiger partial charge in [-0.15, -0.1) is 0 Å². The number of nitriles is 1. The molecule has 0 aromatic heterocycles. The van der Waals surface area contributed by atoms with Gasteiger partial charge in [0.1, 0.15) is 5.92 Å². The zero-order valence-corrected chi connectivity index (χ0v) is 6.87. The first-order chi connectivity index (χ1) is 5.07. The second kappa shape index (κ2) is 7.60. The van der Waals surface area contributed by atoms with Crippen molar-refractivity contribution in [2.75, 3.05) is 0 Å². The van der Waals surface area contributed by atoms with Crippen molar-refractivity contribution in [3.05, 3.63) is 0 Å². The van der Waals surface area contributed by atoms with Crippen LogP contribution in [-0.2, 0) is 4.79 Å². The molecule has 0 aliphatic rings. The van der Waals surface area contributed by atoms with Crippen LogP contribution < -0.4 is 0 Å². The number of rotatable bonds is 4. The monoisotopic (exact) mass is 179 g/mol. The van der Waals surface area contributed by atoms with E-state index in [1.807, 2.05) is 13.8 Å². The Labute approximate surface area is 95.1 Å². The Balaban J connectivity index is 0. The molecule has 0 aliphatic heterocycles. The van der Waals surface area contributed by atoms with Gasteiger partial charge in [0.05, 0.1) is 6.07 Å². The molecule has 0 aromatic rings. The van der Waals surface area contributed by atoms with Crippen LogP contribution in [0.2, 0.25) is 0 Å². The van der Waals surface area contributed by atoms with Crippen molar-refractivity contribution in [2.24, 2.45) is 11.8 Å². The van der Waals surface area contributed by atoms with Gasteiger partial charge in [0.25, 0.3) is 0 Å². The minimum atomic E-state index is -1.01. The van der Waals surface area contributed by atoms with Crippen molar-refractivity contribution in [1.82, 2.24) is 0 Å². The van der Waals surface area contributed by atoms with Gasteiger partial charge in [-0.2, -0.15) is 5.26 Å². The molecular formula is C8H14NNaO2. The summed E-state index contributed by atoms with van der Waals surface area (Å²) in [6.07, 6.45) is 1.26. The van der Waals surface area contributed by atoms with Crippen LogP contribution in [0.1, 0.15) is 26.7 Å². The SMILES string of the molecule is CC(C)CCC(C#N)C(=O)O.[NaH]. The Hall–Kier alpha value is -0.0400. The standard InChI is InChI=1S/C8H13NO2.Na.H/c1-6(2)3-4-7(5-9)8(10)11;;/h6-7H,3-4H2,1-2H3,(H,10,11);;. The van der Waals surface area contributed by atoms with Crippen molar-refractivity contribution in [3.8, 4) is 6.07 Å². The first-order valence-electron chi connectivity index (χ1n) is 3.70. The van der Waals surface area contributed by atoms with E-state index >= 15 is 0 Å². The molecule has 0 fully saturated rings. The summed E-state index contributed by atoms with van der Waals surface area (Å²) in [4.78, 5) is 10.3. The summed E-state index contributed by atoms with van der Waals surface area (Å²) in [6.45, 7) is 4.02. The first-order valence-corrected chi connectivity index (χ1v) is 3.70. The van der Waals surface area contributed by atoms with Gasteiger partial charge < -0.3 is 5.11 Å². The van der Waals surface area contributed by atoms with Crippen molar-refractivity contribution < 1.29 is 9.90 Å². The van der Waals surface area contributed by atoms with Crippen LogP contribution in [0.3, 0.4) is 0 Å². The topological polar surface area (TPSA) is 61.1 Å². The molecule has 0 bridgehead atoms. The average Bonchev–Trinajstić information content (AvgIpc) is 1.87. The van der Waals surface area contributed by atoms with Gasteiger partial charge in [-0.25, -0.2) is 0 Å². The van der Waals surface area contributed by atoms with E-state index in [1.165, 1.54) is 0 Å². The Bertz CT molecular complexity index is 174. The van der Waals surface area contributed by atoms with Gasteiger partial charge in [0.2, 0.25) is 0 Å². The molecule has 0 heterocycles. The zero-order valence-electron chi connectivity index (χ0n) is 6.87. The summed E-state index contributed by atoms with van der Waals surface area (Å²) >= 11 is 0. The van der Waals surface area contributed by atoms with Crippen LogP contribution in [-0.4, -0.2) is 40.6 Å². The molecule has 0 aromatic carbocycles. The fourth-order valence-corrected chi connectivity index (χ4v) is 0.743. The van der Waals surface area contributed by atoms with E-state index in [1.54, 1.807) is 6.07 Å². The molecule has 0 amide bonds. The fourth-order valence-electron chi connectivity index (χ4n) is 0.743. The van der Waals surface area contributed by atoms with Gasteiger partial charge in [0.15, 0.2) is 0 Å². The third kappa shape index (κ3) is 6.66. The Morgan fingerprint density at radius 2 is 2.00 bits per heavy atom. The number of carboxylic acid groups (broad SMARTS) is 1. The van der Waals surface area contributed by atoms with E-state index in [4.69, 9.17) is 10.4 Å². The van der Waals surface area contributed by atoms with Crippen molar-refractivity contribution >= 4 is 35.5 Å². The average molecular weight is 179 g/mol. The third-order valence-corrected chi connectivity index (χ3v) is 1.49. The van der Waals surface area contributed by atoms with Gasteiger partial charge in [-0.3, -0.25) is 4.79 Å². The molecule has 0 spiro atoms. The Morgan fingerprint density at radius 1 is 1.50 bits per heavy atom. The fraction of sp³-hybridized carbons (Fsp3) is 0.750. The first kappa shape index (κ1) is 14.5. The summed E-state index contributed by atoms with van der Waals surface area (Å²) in [6, 6.07) is 1.76. The molecule has 12 heavy (non-hydrogen) atoms. The summed E-state index contributed by atoms with van der Waals surface area (Å²) in [7, 11) is 0. The van der Waals surface area contributed by atoms with Crippen molar-refractivity contribution in [2.45, 2.75) is 26.7 Å². The molecule has 0 radical (unpaired) electrons. The molecule has 64 valence electrons. The second-order valence-electron chi connectivity index (χ2n) is 2.99. The Morgan fingerprint density at radius 3 is 2.25 bits per heavy atom. The molecule has 1 unspecified atom stereocenters. The van der Waals surface area contributed by atoms with Crippen LogP contribution in [0, 0.1) is 23.2 Å². The van der Waals surface area contributed by atoms with E-state index in [9.17, 15) is 4.79 Å². The van der Waals surface area contributed by atoms with E-state index in [2.05, 4.69) is 0 Å². The molecular weight excluding hydrogens is 165 g/mol. The predicted octanol–water partition coefficient (Wildman–Crippen LogP) is 0.998. The zero-order chi connectivity index (χ0) is 8.85. The third-order valence-electron chi connectivity index (χ3n) is 1.49. The van der Waals surface area contributed by atoms with Crippen LogP contribution >= 0.6 is 0 Å². The number of carboxylic acids is 1. The van der Waals surface area contributed by atoms with Gasteiger partial charge >= 0.3 is 35.5 Å². The molecule has 3 nitrogen and oxygen atoms in total. The maximum atomic E-state index is 10.3. The molecule has 0 saturated carbocycles. The van der Waals surface area contributed by atoms with E-state index in [-0.39, 0.29) is 29.6 Å². The van der Waals surface area contributed by atoms with Crippen LogP contribution in [0.4, 0.5) is 0 Å². The van der Waals surface area contributed by atoms with Crippen molar-refractivity contribution in [3.63, 3.8) is 0 Å². The predicted molar refractivity (Wildman–Crippen MR) is 48.0 cm³/mol. The van der Waals surface area contributed by atoms with E-state index in [0.717, 1.165) is 6.42 Å². The normalized spacial score (nSPS) is 11.5. The van der Waals surface area contributed by atoms with Gasteiger partial charge in [0, 0.05) is 0 Å². The number of carbonyl (C=O) groups is 1. The van der Waals surface area contributed by atoms with Crippen LogP contribution in [0.5, 0.6) is 0 Å². The van der Waals surface area contributed by atoms with Gasteiger partial charge in [-0.05, 0) is 18.8 Å². The van der Waals surface area contributed by atoms with E-state index < -0.39 is 11.9 Å². The second-order valence-corrected chi connectivity index (χ2v) is 2.99. The number of hydrogen-bond acceptors (Lipinski definition) is 2. The summed E-state index contributed by atoms with van der Waals surface area (Å²) in [5, 5.41) is 16.8. The van der Waals surface area contributed by atoms with E-state index in [0.29, 0.717) is 12.3 Å². The minimum absolute atomic E-state index is 0. The molecule has 0 rings (SSSR count). The molecule has 1 N–H and O–H groups in total. The quantitative estimate of drug-likeness (QED) is 0.655. The van der Waals surface area contributed by atoms with Gasteiger partial charge in [-0.1, -0.05) is 13.8 Å². The summed E-state index contributed by atoms with van der Waals surface area (Å²) < 4.78 is 0. The molecule has 1 atom stereocenters. The number of hydrogen-bond donors (Lipinski definition) is 1. The summed E-state index contributed by atoms with van der Waals surface area (Å²) in [5.74, 6) is -1.37.